The number of hydrogen-bond acceptors (Lipinski definition) is 4. The van der Waals surface area contributed by atoms with Crippen LogP contribution in [0.2, 0.25) is 0 Å². The molecule has 114 valence electrons. The fourth-order valence-electron chi connectivity index (χ4n) is 2.37. The van der Waals surface area contributed by atoms with E-state index in [1.165, 1.54) is 16.0 Å². The molecule has 2 aromatic heterocycles. The molecule has 0 bridgehead atoms. The molecule has 0 saturated heterocycles. The van der Waals surface area contributed by atoms with Gasteiger partial charge in [-0.05, 0) is 37.8 Å². The van der Waals surface area contributed by atoms with Crippen LogP contribution in [0.5, 0.6) is 0 Å². The maximum absolute atomic E-state index is 9.74. The Kier molecular flexibility index (Phi) is 5.33. The number of thiophene rings is 1. The van der Waals surface area contributed by atoms with E-state index in [9.17, 15) is 5.11 Å². The van der Waals surface area contributed by atoms with Gasteiger partial charge in [0.05, 0.1) is 12.3 Å². The summed E-state index contributed by atoms with van der Waals surface area (Å²) in [4.78, 5) is 3.62. The molecule has 0 saturated carbocycles. The molecule has 0 aliphatic heterocycles. The van der Waals surface area contributed by atoms with Crippen molar-refractivity contribution in [3.05, 3.63) is 45.9 Å². The van der Waals surface area contributed by atoms with Crippen LogP contribution in [0.15, 0.2) is 24.2 Å². The van der Waals surface area contributed by atoms with Crippen LogP contribution in [0.25, 0.3) is 6.20 Å². The average molecular weight is 305 g/mol. The SMILES string of the molecule is C=Cn1ncc(CN(Cc2sccc2C)CC(C)O)c1C. The number of rotatable bonds is 7. The van der Waals surface area contributed by atoms with E-state index in [2.05, 4.69) is 34.9 Å². The van der Waals surface area contributed by atoms with Gasteiger partial charge in [0.2, 0.25) is 0 Å². The van der Waals surface area contributed by atoms with E-state index in [0.717, 1.165) is 18.8 Å². The first-order chi connectivity index (χ1) is 10.0. The quantitative estimate of drug-likeness (QED) is 0.855. The summed E-state index contributed by atoms with van der Waals surface area (Å²) in [5.41, 5.74) is 3.59. The highest BCUT2D eigenvalue weighted by atomic mass is 32.1. The molecule has 2 heterocycles. The topological polar surface area (TPSA) is 41.3 Å². The fourth-order valence-corrected chi connectivity index (χ4v) is 3.31. The highest BCUT2D eigenvalue weighted by molar-refractivity contribution is 7.10. The van der Waals surface area contributed by atoms with Crippen LogP contribution in [0, 0.1) is 13.8 Å². The van der Waals surface area contributed by atoms with Crippen LogP contribution in [-0.2, 0) is 13.1 Å². The standard InChI is InChI=1S/C16H23N3OS/c1-5-19-14(4)15(8-17-19)10-18(9-13(3)20)11-16-12(2)6-7-21-16/h5-8,13,20H,1,9-11H2,2-4H3. The molecular formula is C16H23N3OS. The zero-order valence-electron chi connectivity index (χ0n) is 12.9. The highest BCUT2D eigenvalue weighted by Gasteiger charge is 2.15. The Balaban J connectivity index is 2.14. The number of aliphatic hydroxyl groups is 1. The second-order valence-corrected chi connectivity index (χ2v) is 6.43. The lowest BCUT2D eigenvalue weighted by Crippen LogP contribution is -2.30. The molecule has 0 spiro atoms. The number of aryl methyl sites for hydroxylation is 1. The van der Waals surface area contributed by atoms with Crippen molar-refractivity contribution in [3.8, 4) is 0 Å². The van der Waals surface area contributed by atoms with E-state index in [1.54, 1.807) is 22.2 Å². The van der Waals surface area contributed by atoms with Gasteiger partial charge >= 0.3 is 0 Å². The minimum absolute atomic E-state index is 0.347. The van der Waals surface area contributed by atoms with E-state index < -0.39 is 0 Å². The Morgan fingerprint density at radius 3 is 2.76 bits per heavy atom. The Labute approximate surface area is 130 Å². The minimum atomic E-state index is -0.347. The second-order valence-electron chi connectivity index (χ2n) is 5.43. The molecule has 1 N–H and O–H groups in total. The molecule has 1 atom stereocenters. The summed E-state index contributed by atoms with van der Waals surface area (Å²) in [5, 5.41) is 16.2. The average Bonchev–Trinajstić information content (AvgIpc) is 2.97. The van der Waals surface area contributed by atoms with Crippen LogP contribution < -0.4 is 0 Å². The Hall–Kier alpha value is -1.43. The Morgan fingerprint density at radius 2 is 2.24 bits per heavy atom. The zero-order valence-corrected chi connectivity index (χ0v) is 13.7. The van der Waals surface area contributed by atoms with Crippen molar-refractivity contribution < 1.29 is 5.11 Å². The summed E-state index contributed by atoms with van der Waals surface area (Å²) in [6.07, 6.45) is 3.24. The minimum Gasteiger partial charge on any atom is -0.392 e. The van der Waals surface area contributed by atoms with Gasteiger partial charge in [-0.25, -0.2) is 4.68 Å². The van der Waals surface area contributed by atoms with E-state index in [1.807, 2.05) is 20.0 Å². The van der Waals surface area contributed by atoms with E-state index in [4.69, 9.17) is 0 Å². The van der Waals surface area contributed by atoms with Crippen LogP contribution in [0.3, 0.4) is 0 Å². The monoisotopic (exact) mass is 305 g/mol. The number of nitrogens with zero attached hydrogens (tertiary/aromatic N) is 3. The molecule has 21 heavy (non-hydrogen) atoms. The van der Waals surface area contributed by atoms with Gasteiger partial charge in [0.25, 0.3) is 0 Å². The van der Waals surface area contributed by atoms with Crippen molar-refractivity contribution in [1.82, 2.24) is 14.7 Å². The largest absolute Gasteiger partial charge is 0.392 e. The molecule has 0 aliphatic carbocycles. The van der Waals surface area contributed by atoms with Crippen molar-refractivity contribution in [2.24, 2.45) is 0 Å². The highest BCUT2D eigenvalue weighted by Crippen LogP contribution is 2.20. The van der Waals surface area contributed by atoms with Crippen LogP contribution in [0.4, 0.5) is 0 Å². The van der Waals surface area contributed by atoms with E-state index in [-0.39, 0.29) is 6.10 Å². The first-order valence-corrected chi connectivity index (χ1v) is 7.98. The van der Waals surface area contributed by atoms with Gasteiger partial charge in [-0.15, -0.1) is 11.3 Å². The third kappa shape index (κ3) is 4.03. The second kappa shape index (κ2) is 7.02. The van der Waals surface area contributed by atoms with Crippen LogP contribution in [0.1, 0.15) is 28.6 Å². The van der Waals surface area contributed by atoms with Crippen molar-refractivity contribution >= 4 is 17.5 Å². The van der Waals surface area contributed by atoms with Crippen molar-refractivity contribution in [2.45, 2.75) is 40.0 Å². The van der Waals surface area contributed by atoms with E-state index in [0.29, 0.717) is 6.54 Å². The molecule has 2 rings (SSSR count). The molecule has 2 aromatic rings. The third-order valence-corrected chi connectivity index (χ3v) is 4.58. The van der Waals surface area contributed by atoms with Gasteiger partial charge in [0.15, 0.2) is 0 Å². The zero-order chi connectivity index (χ0) is 15.4. The maximum Gasteiger partial charge on any atom is 0.0639 e. The Morgan fingerprint density at radius 1 is 1.48 bits per heavy atom. The van der Waals surface area contributed by atoms with Gasteiger partial charge < -0.3 is 5.11 Å². The van der Waals surface area contributed by atoms with Crippen LogP contribution >= 0.6 is 11.3 Å². The molecule has 0 amide bonds. The Bertz CT molecular complexity index is 600. The van der Waals surface area contributed by atoms with Gasteiger partial charge in [-0.2, -0.15) is 5.10 Å². The summed E-state index contributed by atoms with van der Waals surface area (Å²) in [6.45, 7) is 12.0. The molecule has 4 nitrogen and oxygen atoms in total. The lowest BCUT2D eigenvalue weighted by molar-refractivity contribution is 0.118. The molecule has 5 heteroatoms. The lowest BCUT2D eigenvalue weighted by atomic mass is 10.2. The van der Waals surface area contributed by atoms with Gasteiger partial charge in [-0.1, -0.05) is 6.58 Å². The fraction of sp³-hybridized carbons (Fsp3) is 0.438. The maximum atomic E-state index is 9.74. The van der Waals surface area contributed by atoms with Crippen LogP contribution in [-0.4, -0.2) is 32.4 Å². The normalized spacial score (nSPS) is 12.8. The van der Waals surface area contributed by atoms with Crippen molar-refractivity contribution in [1.29, 1.82) is 0 Å². The van der Waals surface area contributed by atoms with Gasteiger partial charge in [-0.3, -0.25) is 4.90 Å². The molecular weight excluding hydrogens is 282 g/mol. The lowest BCUT2D eigenvalue weighted by Gasteiger charge is -2.23. The number of aliphatic hydroxyl groups excluding tert-OH is 1. The third-order valence-electron chi connectivity index (χ3n) is 3.57. The van der Waals surface area contributed by atoms with Crippen molar-refractivity contribution in [2.75, 3.05) is 6.54 Å². The molecule has 1 unspecified atom stereocenters. The summed E-state index contributed by atoms with van der Waals surface area (Å²) >= 11 is 1.77. The predicted octanol–water partition coefficient (Wildman–Crippen LogP) is 3.04. The summed E-state index contributed by atoms with van der Waals surface area (Å²) in [5.74, 6) is 0. The summed E-state index contributed by atoms with van der Waals surface area (Å²) in [6, 6.07) is 2.14. The first kappa shape index (κ1) is 15.9. The summed E-state index contributed by atoms with van der Waals surface area (Å²) < 4.78 is 1.78. The number of aromatic nitrogens is 2. The van der Waals surface area contributed by atoms with E-state index >= 15 is 0 Å². The smallest absolute Gasteiger partial charge is 0.0639 e. The first-order valence-electron chi connectivity index (χ1n) is 7.10. The molecule has 0 radical (unpaired) electrons. The number of hydrogen-bond donors (Lipinski definition) is 1. The molecule has 0 fully saturated rings. The van der Waals surface area contributed by atoms with Gasteiger partial charge in [0, 0.05) is 42.0 Å². The van der Waals surface area contributed by atoms with Gasteiger partial charge in [0.1, 0.15) is 0 Å². The molecule has 0 aliphatic rings. The molecule has 0 aromatic carbocycles. The predicted molar refractivity (Wildman–Crippen MR) is 88.2 cm³/mol. The van der Waals surface area contributed by atoms with Crippen molar-refractivity contribution in [3.63, 3.8) is 0 Å². The summed E-state index contributed by atoms with van der Waals surface area (Å²) in [7, 11) is 0.